The minimum atomic E-state index is -0.516. The summed E-state index contributed by atoms with van der Waals surface area (Å²) < 4.78 is 0. The van der Waals surface area contributed by atoms with Gasteiger partial charge in [-0.25, -0.2) is 0 Å². The summed E-state index contributed by atoms with van der Waals surface area (Å²) in [4.78, 5) is 24.5. The molecule has 0 N–H and O–H groups in total. The van der Waals surface area contributed by atoms with Crippen molar-refractivity contribution in [2.75, 3.05) is 13.1 Å². The molecule has 0 aliphatic rings. The predicted molar refractivity (Wildman–Crippen MR) is 78.8 cm³/mol. The second kappa shape index (κ2) is 7.39. The number of benzene rings is 1. The summed E-state index contributed by atoms with van der Waals surface area (Å²) >= 11 is 0. The third-order valence-electron chi connectivity index (χ3n) is 3.03. The van der Waals surface area contributed by atoms with Crippen LogP contribution in [0.25, 0.3) is 0 Å². The van der Waals surface area contributed by atoms with Crippen LogP contribution in [-0.4, -0.2) is 28.8 Å². The highest BCUT2D eigenvalue weighted by molar-refractivity contribution is 5.96. The van der Waals surface area contributed by atoms with Gasteiger partial charge in [0, 0.05) is 30.8 Å². The minimum Gasteiger partial charge on any atom is -0.337 e. The smallest absolute Gasteiger partial charge is 0.270 e. The zero-order valence-corrected chi connectivity index (χ0v) is 12.5. The lowest BCUT2D eigenvalue weighted by molar-refractivity contribution is -0.384. The van der Waals surface area contributed by atoms with Crippen LogP contribution in [0.5, 0.6) is 0 Å². The summed E-state index contributed by atoms with van der Waals surface area (Å²) in [6.45, 7) is 6.55. The highest BCUT2D eigenvalue weighted by Gasteiger charge is 2.20. The van der Waals surface area contributed by atoms with E-state index in [0.717, 1.165) is 0 Å². The van der Waals surface area contributed by atoms with Crippen LogP contribution >= 0.6 is 0 Å². The van der Waals surface area contributed by atoms with Crippen LogP contribution in [0.4, 0.5) is 5.69 Å². The van der Waals surface area contributed by atoms with Crippen LogP contribution in [0.1, 0.15) is 36.2 Å². The zero-order valence-electron chi connectivity index (χ0n) is 12.5. The molecule has 1 amide bonds. The van der Waals surface area contributed by atoms with E-state index < -0.39 is 4.92 Å². The van der Waals surface area contributed by atoms with E-state index >= 15 is 0 Å². The molecule has 6 heteroatoms. The first kappa shape index (κ1) is 16.6. The van der Waals surface area contributed by atoms with Gasteiger partial charge in [-0.15, -0.1) is 0 Å². The predicted octanol–water partition coefficient (Wildman–Crippen LogP) is 2.92. The van der Waals surface area contributed by atoms with E-state index in [-0.39, 0.29) is 23.9 Å². The molecule has 0 aliphatic carbocycles. The highest BCUT2D eigenvalue weighted by atomic mass is 16.6. The van der Waals surface area contributed by atoms with Gasteiger partial charge >= 0.3 is 0 Å². The number of hydrogen-bond donors (Lipinski definition) is 0. The molecule has 0 aromatic heterocycles. The molecular weight excluding hydrogens is 270 g/mol. The molecule has 0 unspecified atom stereocenters. The van der Waals surface area contributed by atoms with Gasteiger partial charge in [-0.3, -0.25) is 14.9 Å². The fraction of sp³-hybridized carbons (Fsp3) is 0.467. The number of amides is 1. The molecule has 1 rings (SSSR count). The fourth-order valence-corrected chi connectivity index (χ4v) is 2.03. The van der Waals surface area contributed by atoms with Crippen molar-refractivity contribution < 1.29 is 9.72 Å². The number of nitro benzene ring substituents is 1. The zero-order chi connectivity index (χ0) is 16.0. The van der Waals surface area contributed by atoms with Crippen molar-refractivity contribution in [3.05, 3.63) is 39.4 Å². The Balaban J connectivity index is 3.10. The molecule has 0 bridgehead atoms. The normalized spacial score (nSPS) is 10.2. The van der Waals surface area contributed by atoms with E-state index in [1.54, 1.807) is 17.9 Å². The minimum absolute atomic E-state index is 0.103. The molecule has 0 heterocycles. The number of carbonyl (C=O) groups excluding carboxylic acids is 1. The first-order valence-electron chi connectivity index (χ1n) is 6.78. The third-order valence-corrected chi connectivity index (χ3v) is 3.03. The van der Waals surface area contributed by atoms with Gasteiger partial charge in [0.2, 0.25) is 0 Å². The fourth-order valence-electron chi connectivity index (χ4n) is 2.03. The van der Waals surface area contributed by atoms with E-state index in [2.05, 4.69) is 0 Å². The van der Waals surface area contributed by atoms with Gasteiger partial charge in [-0.1, -0.05) is 19.9 Å². The van der Waals surface area contributed by atoms with Gasteiger partial charge in [0.05, 0.1) is 17.4 Å². The lowest BCUT2D eigenvalue weighted by Gasteiger charge is -2.24. The molecule has 0 aliphatic heterocycles. The number of aryl methyl sites for hydroxylation is 1. The summed E-state index contributed by atoms with van der Waals surface area (Å²) in [5.74, 6) is -0.00760. The number of carbonyl (C=O) groups is 1. The standard InChI is InChI=1S/C15H19N3O3/c1-11(2)10-17(8-4-7-16)15(19)14-9-13(18(20)21)6-5-12(14)3/h5-6,9,11H,4,8,10H2,1-3H3. The number of nitro groups is 1. The van der Waals surface area contributed by atoms with Crippen LogP contribution < -0.4 is 0 Å². The Bertz CT molecular complexity index is 576. The Labute approximate surface area is 124 Å². The third kappa shape index (κ3) is 4.56. The van der Waals surface area contributed by atoms with Gasteiger partial charge in [-0.2, -0.15) is 5.26 Å². The Kier molecular flexibility index (Phi) is 5.85. The first-order chi connectivity index (χ1) is 9.86. The molecule has 112 valence electrons. The molecule has 6 nitrogen and oxygen atoms in total. The number of non-ortho nitro benzene ring substituents is 1. The maximum Gasteiger partial charge on any atom is 0.270 e. The summed E-state index contributed by atoms with van der Waals surface area (Å²) in [5.41, 5.74) is 0.910. The number of nitriles is 1. The Hall–Kier alpha value is -2.42. The van der Waals surface area contributed by atoms with E-state index in [9.17, 15) is 14.9 Å². The van der Waals surface area contributed by atoms with Gasteiger partial charge in [0.1, 0.15) is 0 Å². The molecule has 0 atom stereocenters. The number of nitrogens with zero attached hydrogens (tertiary/aromatic N) is 3. The van der Waals surface area contributed by atoms with Gasteiger partial charge in [0.25, 0.3) is 11.6 Å². The molecule has 0 spiro atoms. The summed E-state index contributed by atoms with van der Waals surface area (Å²) in [5, 5.41) is 19.5. The monoisotopic (exact) mass is 289 g/mol. The summed E-state index contributed by atoms with van der Waals surface area (Å²) in [6, 6.07) is 6.28. The van der Waals surface area contributed by atoms with Crippen molar-refractivity contribution in [1.82, 2.24) is 4.90 Å². The average Bonchev–Trinajstić information content (AvgIpc) is 2.42. The lowest BCUT2D eigenvalue weighted by atomic mass is 10.1. The van der Waals surface area contributed by atoms with Crippen molar-refractivity contribution in [3.63, 3.8) is 0 Å². The SMILES string of the molecule is Cc1ccc([N+](=O)[O-])cc1C(=O)N(CCC#N)CC(C)C. The first-order valence-corrected chi connectivity index (χ1v) is 6.78. The quantitative estimate of drug-likeness (QED) is 0.595. The number of hydrogen-bond acceptors (Lipinski definition) is 4. The van der Waals surface area contributed by atoms with Crippen LogP contribution in [-0.2, 0) is 0 Å². The molecule has 0 saturated carbocycles. The van der Waals surface area contributed by atoms with E-state index in [1.165, 1.54) is 12.1 Å². The van der Waals surface area contributed by atoms with Crippen molar-refractivity contribution in [1.29, 1.82) is 5.26 Å². The molecule has 0 fully saturated rings. The van der Waals surface area contributed by atoms with Crippen LogP contribution in [0.15, 0.2) is 18.2 Å². The lowest BCUT2D eigenvalue weighted by Crippen LogP contribution is -2.35. The van der Waals surface area contributed by atoms with E-state index in [0.29, 0.717) is 24.2 Å². The molecule has 0 saturated heterocycles. The van der Waals surface area contributed by atoms with Gasteiger partial charge in [0.15, 0.2) is 0 Å². The van der Waals surface area contributed by atoms with Crippen molar-refractivity contribution in [2.24, 2.45) is 5.92 Å². The Morgan fingerprint density at radius 1 is 1.48 bits per heavy atom. The van der Waals surface area contributed by atoms with E-state index in [1.807, 2.05) is 19.9 Å². The second-order valence-corrected chi connectivity index (χ2v) is 5.31. The highest BCUT2D eigenvalue weighted by Crippen LogP contribution is 2.19. The second-order valence-electron chi connectivity index (χ2n) is 5.31. The Morgan fingerprint density at radius 2 is 2.14 bits per heavy atom. The van der Waals surface area contributed by atoms with Crippen LogP contribution in [0.3, 0.4) is 0 Å². The summed E-state index contributed by atoms with van der Waals surface area (Å²) in [6.07, 6.45) is 0.242. The topological polar surface area (TPSA) is 87.2 Å². The molecule has 0 radical (unpaired) electrons. The van der Waals surface area contributed by atoms with Crippen molar-refractivity contribution in [2.45, 2.75) is 27.2 Å². The maximum atomic E-state index is 12.6. The van der Waals surface area contributed by atoms with Crippen LogP contribution in [0.2, 0.25) is 0 Å². The molecular formula is C15H19N3O3. The Morgan fingerprint density at radius 3 is 2.67 bits per heavy atom. The molecule has 21 heavy (non-hydrogen) atoms. The average molecular weight is 289 g/mol. The largest absolute Gasteiger partial charge is 0.337 e. The summed E-state index contributed by atoms with van der Waals surface area (Å²) in [7, 11) is 0. The van der Waals surface area contributed by atoms with Gasteiger partial charge in [-0.05, 0) is 18.4 Å². The maximum absolute atomic E-state index is 12.6. The molecule has 1 aromatic carbocycles. The number of rotatable bonds is 6. The van der Waals surface area contributed by atoms with E-state index in [4.69, 9.17) is 5.26 Å². The van der Waals surface area contributed by atoms with Crippen LogP contribution in [0, 0.1) is 34.3 Å². The molecule has 1 aromatic rings. The van der Waals surface area contributed by atoms with Crippen molar-refractivity contribution in [3.8, 4) is 6.07 Å². The van der Waals surface area contributed by atoms with Crippen molar-refractivity contribution >= 4 is 11.6 Å². The van der Waals surface area contributed by atoms with Gasteiger partial charge < -0.3 is 4.90 Å².